The fraction of sp³-hybridized carbons (Fsp3) is 0.333. The number of hydrazine groups is 1. The third kappa shape index (κ3) is 1.88. The van der Waals surface area contributed by atoms with E-state index < -0.39 is 0 Å². The number of hydrogen-bond acceptors (Lipinski definition) is 4. The minimum Gasteiger partial charge on any atom is -0.377 e. The number of nitrogens with two attached hydrogens (primary N) is 1. The van der Waals surface area contributed by atoms with Gasteiger partial charge in [-0.05, 0) is 6.32 Å². The lowest BCUT2D eigenvalue weighted by molar-refractivity contribution is 0.684. The molecule has 1 saturated heterocycles. The van der Waals surface area contributed by atoms with Crippen LogP contribution < -0.4 is 16.1 Å². The Morgan fingerprint density at radius 3 is 3.20 bits per heavy atom. The molecule has 1 rings (SSSR count). The molecule has 7 heteroatoms. The summed E-state index contributed by atoms with van der Waals surface area (Å²) in [5, 5.41) is 6.27. The molecule has 52 valence electrons. The molecule has 0 unspecified atom stereocenters. The number of allylic oxidation sites excluding steroid dienone is 1. The first-order valence-corrected chi connectivity index (χ1v) is 3.41. The predicted octanol–water partition coefficient (Wildman–Crippen LogP) is -2.44. The Bertz CT molecular complexity index is 120. The van der Waals surface area contributed by atoms with Crippen molar-refractivity contribution in [1.29, 1.82) is 0 Å². The maximum atomic E-state index is 5.63. The minimum absolute atomic E-state index is 0.249. The van der Waals surface area contributed by atoms with Gasteiger partial charge in [-0.25, -0.2) is 0 Å². The quantitative estimate of drug-likeness (QED) is 0.224. The monoisotopic (exact) mass is 136 g/mol. The second kappa shape index (κ2) is 3.83. The zero-order chi connectivity index (χ0) is 7.40. The Balaban J connectivity index is 2.32. The van der Waals surface area contributed by atoms with Crippen molar-refractivity contribution < 1.29 is 0 Å². The molecule has 4 nitrogen and oxygen atoms in total. The average molecular weight is 136 g/mol. The van der Waals surface area contributed by atoms with E-state index in [4.69, 9.17) is 5.84 Å². The first kappa shape index (κ1) is 7.88. The summed E-state index contributed by atoms with van der Waals surface area (Å²) in [6.07, 6.45) is 2.75. The predicted molar refractivity (Wildman–Crippen MR) is 47.4 cm³/mol. The third-order valence-corrected chi connectivity index (χ3v) is 1.55. The summed E-state index contributed by atoms with van der Waals surface area (Å²) in [4.78, 5) is 1.73. The van der Waals surface area contributed by atoms with Crippen LogP contribution in [0.25, 0.3) is 0 Å². The van der Waals surface area contributed by atoms with Gasteiger partial charge < -0.3 is 10.3 Å². The van der Waals surface area contributed by atoms with Crippen molar-refractivity contribution in [2.75, 3.05) is 0 Å². The average Bonchev–Trinajstić information content (AvgIpc) is 1.94. The normalized spacial score (nSPS) is 19.5. The maximum Gasteiger partial charge on any atom is 0.304 e. The number of nitrogens with one attached hydrogen (secondary N) is 2. The molecule has 0 aromatic carbocycles. The van der Waals surface area contributed by atoms with Crippen molar-refractivity contribution in [2.24, 2.45) is 5.84 Å². The van der Waals surface area contributed by atoms with Gasteiger partial charge in [0.15, 0.2) is 0 Å². The highest BCUT2D eigenvalue weighted by molar-refractivity contribution is 6.74. The Morgan fingerprint density at radius 2 is 2.60 bits per heavy atom. The Morgan fingerprint density at radius 1 is 1.80 bits per heavy atom. The summed E-state index contributed by atoms with van der Waals surface area (Å²) in [5.74, 6) is 5.63. The van der Waals surface area contributed by atoms with Crippen LogP contribution in [-0.4, -0.2) is 26.9 Å². The molecule has 1 fully saturated rings. The van der Waals surface area contributed by atoms with E-state index in [0.29, 0.717) is 0 Å². The molecule has 0 atom stereocenters. The highest BCUT2D eigenvalue weighted by Gasteiger charge is 2.23. The van der Waals surface area contributed by atoms with Gasteiger partial charge in [0.1, 0.15) is 0 Å². The molecule has 0 radical (unpaired) electrons. The SMILES string of the molecule is C=CCB1NBNBN1N. The van der Waals surface area contributed by atoms with Crippen LogP contribution in [0, 0.1) is 0 Å². The van der Waals surface area contributed by atoms with E-state index in [1.54, 1.807) is 4.83 Å². The second-order valence-corrected chi connectivity index (χ2v) is 2.34. The number of nitrogens with zero attached hydrogens (tertiary/aromatic N) is 1. The summed E-state index contributed by atoms with van der Waals surface area (Å²) in [6, 6.07) is 0. The van der Waals surface area contributed by atoms with E-state index in [1.807, 2.05) is 6.08 Å². The van der Waals surface area contributed by atoms with Crippen LogP contribution in [0.5, 0.6) is 0 Å². The van der Waals surface area contributed by atoms with E-state index in [1.165, 1.54) is 0 Å². The lowest BCUT2D eigenvalue weighted by Crippen LogP contribution is -2.67. The highest BCUT2D eigenvalue weighted by Crippen LogP contribution is 1.92. The largest absolute Gasteiger partial charge is 0.377 e. The van der Waals surface area contributed by atoms with Gasteiger partial charge >= 0.3 is 6.98 Å². The van der Waals surface area contributed by atoms with Gasteiger partial charge in [0.25, 0.3) is 15.1 Å². The highest BCUT2D eigenvalue weighted by atomic mass is 15.4. The summed E-state index contributed by atoms with van der Waals surface area (Å²) >= 11 is 0. The van der Waals surface area contributed by atoms with Crippen molar-refractivity contribution in [3.63, 3.8) is 0 Å². The Hall–Kier alpha value is -0.225. The van der Waals surface area contributed by atoms with Gasteiger partial charge in [0.05, 0.1) is 0 Å². The smallest absolute Gasteiger partial charge is 0.304 e. The molecule has 0 spiro atoms. The molecule has 1 aliphatic heterocycles. The van der Waals surface area contributed by atoms with Gasteiger partial charge in [0.2, 0.25) is 0 Å². The van der Waals surface area contributed by atoms with Crippen molar-refractivity contribution in [2.45, 2.75) is 6.32 Å². The minimum atomic E-state index is 0.249. The topological polar surface area (TPSA) is 53.3 Å². The van der Waals surface area contributed by atoms with Crippen LogP contribution in [0.15, 0.2) is 12.7 Å². The summed E-state index contributed by atoms with van der Waals surface area (Å²) in [6.45, 7) is 3.90. The maximum absolute atomic E-state index is 5.63. The zero-order valence-electron chi connectivity index (χ0n) is 6.01. The summed E-state index contributed by atoms with van der Waals surface area (Å²) in [5.41, 5.74) is 0. The van der Waals surface area contributed by atoms with Crippen molar-refractivity contribution >= 4 is 22.1 Å². The lowest BCUT2D eigenvalue weighted by Gasteiger charge is -2.28. The van der Waals surface area contributed by atoms with Crippen molar-refractivity contribution in [3.05, 3.63) is 12.7 Å². The van der Waals surface area contributed by atoms with Gasteiger partial charge in [-0.2, -0.15) is 0 Å². The van der Waals surface area contributed by atoms with Gasteiger partial charge in [-0.3, -0.25) is 10.7 Å². The van der Waals surface area contributed by atoms with Crippen molar-refractivity contribution in [3.8, 4) is 0 Å². The van der Waals surface area contributed by atoms with Crippen LogP contribution in [-0.2, 0) is 0 Å². The molecular formula is C3H11B3N4. The Labute approximate surface area is 62.9 Å². The summed E-state index contributed by atoms with van der Waals surface area (Å²) in [7, 11) is 1.57. The lowest BCUT2D eigenvalue weighted by atomic mass is 9.61. The molecule has 1 aliphatic rings. The molecule has 0 aliphatic carbocycles. The number of hydrogen-bond donors (Lipinski definition) is 3. The Kier molecular flexibility index (Phi) is 3.01. The van der Waals surface area contributed by atoms with Crippen LogP contribution >= 0.6 is 0 Å². The van der Waals surface area contributed by atoms with E-state index in [2.05, 4.69) is 16.9 Å². The fourth-order valence-corrected chi connectivity index (χ4v) is 0.979. The molecule has 10 heavy (non-hydrogen) atoms. The molecule has 0 amide bonds. The number of rotatable bonds is 2. The third-order valence-electron chi connectivity index (χ3n) is 1.55. The molecule has 0 bridgehead atoms. The molecule has 0 aromatic heterocycles. The molecule has 1 heterocycles. The molecular weight excluding hydrogens is 124 g/mol. The zero-order valence-corrected chi connectivity index (χ0v) is 6.01. The standard InChI is InChI=1S/C3H11B3N4/c1-2-3-6-9-4-8-5-10(6)7/h2,4-5,8-9H,1,3,7H2. The van der Waals surface area contributed by atoms with Crippen LogP contribution in [0.3, 0.4) is 0 Å². The first-order chi connectivity index (χ1) is 4.84. The molecule has 4 N–H and O–H groups in total. The summed E-state index contributed by atoms with van der Waals surface area (Å²) < 4.78 is 0. The first-order valence-electron chi connectivity index (χ1n) is 3.41. The van der Waals surface area contributed by atoms with Gasteiger partial charge in [-0.1, -0.05) is 6.08 Å². The van der Waals surface area contributed by atoms with Crippen LogP contribution in [0.4, 0.5) is 0 Å². The van der Waals surface area contributed by atoms with Crippen LogP contribution in [0.1, 0.15) is 0 Å². The van der Waals surface area contributed by atoms with E-state index in [0.717, 1.165) is 21.4 Å². The van der Waals surface area contributed by atoms with Crippen molar-refractivity contribution in [1.82, 2.24) is 15.1 Å². The van der Waals surface area contributed by atoms with Gasteiger partial charge in [-0.15, -0.1) is 6.58 Å². The van der Waals surface area contributed by atoms with Crippen LogP contribution in [0.2, 0.25) is 6.32 Å². The van der Waals surface area contributed by atoms with E-state index >= 15 is 0 Å². The molecule has 0 aromatic rings. The van der Waals surface area contributed by atoms with E-state index in [-0.39, 0.29) is 6.98 Å². The molecule has 0 saturated carbocycles. The van der Waals surface area contributed by atoms with Gasteiger partial charge in [0, 0.05) is 0 Å². The second-order valence-electron chi connectivity index (χ2n) is 2.34. The fourth-order valence-electron chi connectivity index (χ4n) is 0.979. The van der Waals surface area contributed by atoms with E-state index in [9.17, 15) is 0 Å².